The van der Waals surface area contributed by atoms with Crippen molar-refractivity contribution < 1.29 is 9.13 Å². The number of hydrogen-bond donors (Lipinski definition) is 1. The zero-order valence-corrected chi connectivity index (χ0v) is 9.35. The highest BCUT2D eigenvalue weighted by Gasteiger charge is 2.06. The summed E-state index contributed by atoms with van der Waals surface area (Å²) in [7, 11) is 1.56. The number of aryl methyl sites for hydroxylation is 1. The van der Waals surface area contributed by atoms with Gasteiger partial charge >= 0.3 is 0 Å². The van der Waals surface area contributed by atoms with Gasteiger partial charge in [0.2, 0.25) is 0 Å². The van der Waals surface area contributed by atoms with Crippen LogP contribution in [0.3, 0.4) is 0 Å². The highest BCUT2D eigenvalue weighted by atomic mass is 19.1. The van der Waals surface area contributed by atoms with E-state index in [9.17, 15) is 4.39 Å². The summed E-state index contributed by atoms with van der Waals surface area (Å²) in [5, 5.41) is 0. The Morgan fingerprint density at radius 1 is 1.33 bits per heavy atom. The first-order valence-corrected chi connectivity index (χ1v) is 5.22. The first-order valence-electron chi connectivity index (χ1n) is 5.22. The molecule has 0 fully saturated rings. The van der Waals surface area contributed by atoms with E-state index < -0.39 is 0 Å². The molecular weight excluding hydrogens is 193 g/mol. The third kappa shape index (κ3) is 3.20. The van der Waals surface area contributed by atoms with Crippen LogP contribution in [-0.4, -0.2) is 13.7 Å². The van der Waals surface area contributed by atoms with Crippen LogP contribution in [0.15, 0.2) is 12.1 Å². The molecule has 1 aromatic carbocycles. The highest BCUT2D eigenvalue weighted by molar-refractivity contribution is 5.37. The molecule has 0 saturated carbocycles. The maximum Gasteiger partial charge on any atom is 0.130 e. The second-order valence-corrected chi connectivity index (χ2v) is 3.65. The molecule has 2 N–H and O–H groups in total. The average molecular weight is 211 g/mol. The zero-order chi connectivity index (χ0) is 11.3. The lowest BCUT2D eigenvalue weighted by Gasteiger charge is -2.08. The van der Waals surface area contributed by atoms with E-state index in [1.807, 2.05) is 6.07 Å². The molecule has 2 nitrogen and oxygen atoms in total. The van der Waals surface area contributed by atoms with Gasteiger partial charge in [-0.2, -0.15) is 0 Å². The van der Waals surface area contributed by atoms with E-state index in [4.69, 9.17) is 10.5 Å². The van der Waals surface area contributed by atoms with Gasteiger partial charge in [-0.05, 0) is 50.4 Å². The lowest BCUT2D eigenvalue weighted by atomic mass is 10.1. The predicted molar refractivity (Wildman–Crippen MR) is 59.7 cm³/mol. The maximum absolute atomic E-state index is 13.4. The molecule has 1 aromatic rings. The first kappa shape index (κ1) is 12.0. The van der Waals surface area contributed by atoms with Gasteiger partial charge in [0.15, 0.2) is 0 Å². The minimum Gasteiger partial charge on any atom is -0.496 e. The van der Waals surface area contributed by atoms with Gasteiger partial charge in [0.25, 0.3) is 0 Å². The zero-order valence-electron chi connectivity index (χ0n) is 9.35. The number of rotatable bonds is 5. The number of ether oxygens (including phenoxy) is 1. The van der Waals surface area contributed by atoms with Crippen LogP contribution in [-0.2, 0) is 6.42 Å². The molecule has 15 heavy (non-hydrogen) atoms. The summed E-state index contributed by atoms with van der Waals surface area (Å²) in [6, 6.07) is 3.48. The van der Waals surface area contributed by atoms with Crippen LogP contribution in [0, 0.1) is 12.7 Å². The number of unbranched alkanes of at least 4 members (excludes halogenated alkanes) is 1. The van der Waals surface area contributed by atoms with Gasteiger partial charge in [-0.15, -0.1) is 0 Å². The molecule has 0 spiro atoms. The smallest absolute Gasteiger partial charge is 0.130 e. The van der Waals surface area contributed by atoms with Gasteiger partial charge in [0.05, 0.1) is 7.11 Å². The van der Waals surface area contributed by atoms with Gasteiger partial charge in [-0.1, -0.05) is 0 Å². The molecule has 0 radical (unpaired) electrons. The average Bonchev–Trinajstić information content (AvgIpc) is 2.23. The minimum absolute atomic E-state index is 0.197. The Morgan fingerprint density at radius 2 is 2.07 bits per heavy atom. The second kappa shape index (κ2) is 5.71. The van der Waals surface area contributed by atoms with Crippen molar-refractivity contribution in [3.05, 3.63) is 29.1 Å². The quantitative estimate of drug-likeness (QED) is 0.759. The summed E-state index contributed by atoms with van der Waals surface area (Å²) in [5.41, 5.74) is 6.95. The third-order valence-corrected chi connectivity index (χ3v) is 2.50. The van der Waals surface area contributed by atoms with E-state index in [2.05, 4.69) is 0 Å². The Kier molecular flexibility index (Phi) is 4.56. The molecule has 84 valence electrons. The molecular formula is C12H18FNO. The Hall–Kier alpha value is -1.09. The summed E-state index contributed by atoms with van der Waals surface area (Å²) >= 11 is 0. The summed E-state index contributed by atoms with van der Waals surface area (Å²) in [6.45, 7) is 2.41. The Balaban J connectivity index is 2.77. The highest BCUT2D eigenvalue weighted by Crippen LogP contribution is 2.23. The van der Waals surface area contributed by atoms with E-state index in [-0.39, 0.29) is 5.82 Å². The van der Waals surface area contributed by atoms with Gasteiger partial charge in [-0.3, -0.25) is 0 Å². The van der Waals surface area contributed by atoms with Crippen molar-refractivity contribution >= 4 is 0 Å². The van der Waals surface area contributed by atoms with Crippen molar-refractivity contribution in [1.82, 2.24) is 0 Å². The fourth-order valence-electron chi connectivity index (χ4n) is 1.54. The molecule has 0 unspecified atom stereocenters. The summed E-state index contributed by atoms with van der Waals surface area (Å²) in [4.78, 5) is 0. The van der Waals surface area contributed by atoms with E-state index in [1.165, 1.54) is 0 Å². The fraction of sp³-hybridized carbons (Fsp3) is 0.500. The van der Waals surface area contributed by atoms with Gasteiger partial charge in [0, 0.05) is 5.56 Å². The number of methoxy groups -OCH3 is 1. The molecule has 0 aromatic heterocycles. The molecule has 0 bridgehead atoms. The summed E-state index contributed by atoms with van der Waals surface area (Å²) in [6.07, 6.45) is 2.81. The molecule has 3 heteroatoms. The largest absolute Gasteiger partial charge is 0.496 e. The normalized spacial score (nSPS) is 10.4. The van der Waals surface area contributed by atoms with Crippen molar-refractivity contribution in [2.75, 3.05) is 13.7 Å². The molecule has 0 saturated heterocycles. The molecule has 0 amide bonds. The predicted octanol–water partition coefficient (Wildman–Crippen LogP) is 2.42. The van der Waals surface area contributed by atoms with E-state index in [0.717, 1.165) is 24.8 Å². The van der Waals surface area contributed by atoms with Crippen LogP contribution < -0.4 is 10.5 Å². The maximum atomic E-state index is 13.4. The first-order chi connectivity index (χ1) is 7.19. The molecule has 0 atom stereocenters. The second-order valence-electron chi connectivity index (χ2n) is 3.65. The Bertz CT molecular complexity index is 326. The van der Waals surface area contributed by atoms with E-state index in [1.54, 1.807) is 20.1 Å². The van der Waals surface area contributed by atoms with Gasteiger partial charge in [0.1, 0.15) is 11.6 Å². The van der Waals surface area contributed by atoms with E-state index in [0.29, 0.717) is 17.9 Å². The van der Waals surface area contributed by atoms with Crippen LogP contribution in [0.2, 0.25) is 0 Å². The molecule has 0 heterocycles. The standard InChI is InChI=1S/C12H18FNO/c1-9-11(13)7-10(5-3-4-6-14)8-12(9)15-2/h7-8H,3-6,14H2,1-2H3. The molecule has 0 aliphatic rings. The van der Waals surface area contributed by atoms with Crippen molar-refractivity contribution in [3.63, 3.8) is 0 Å². The topological polar surface area (TPSA) is 35.2 Å². The van der Waals surface area contributed by atoms with Crippen LogP contribution in [0.5, 0.6) is 5.75 Å². The lowest BCUT2D eigenvalue weighted by Crippen LogP contribution is -2.00. The lowest BCUT2D eigenvalue weighted by molar-refractivity contribution is 0.406. The van der Waals surface area contributed by atoms with Crippen molar-refractivity contribution in [3.8, 4) is 5.75 Å². The minimum atomic E-state index is -0.197. The van der Waals surface area contributed by atoms with Crippen LogP contribution in [0.4, 0.5) is 4.39 Å². The van der Waals surface area contributed by atoms with Crippen molar-refractivity contribution in [1.29, 1.82) is 0 Å². The van der Waals surface area contributed by atoms with Crippen LogP contribution in [0.1, 0.15) is 24.0 Å². The molecule has 1 rings (SSSR count). The van der Waals surface area contributed by atoms with Gasteiger partial charge < -0.3 is 10.5 Å². The van der Waals surface area contributed by atoms with Crippen molar-refractivity contribution in [2.24, 2.45) is 5.73 Å². The van der Waals surface area contributed by atoms with Crippen LogP contribution in [0.25, 0.3) is 0 Å². The van der Waals surface area contributed by atoms with Gasteiger partial charge in [-0.25, -0.2) is 4.39 Å². The third-order valence-electron chi connectivity index (χ3n) is 2.50. The van der Waals surface area contributed by atoms with Crippen LogP contribution >= 0.6 is 0 Å². The Labute approximate surface area is 90.2 Å². The number of halogens is 1. The summed E-state index contributed by atoms with van der Waals surface area (Å²) < 4.78 is 18.5. The molecule has 0 aliphatic heterocycles. The summed E-state index contributed by atoms with van der Waals surface area (Å²) in [5.74, 6) is 0.426. The SMILES string of the molecule is COc1cc(CCCCN)cc(F)c1C. The fourth-order valence-corrected chi connectivity index (χ4v) is 1.54. The molecule has 0 aliphatic carbocycles. The number of nitrogens with two attached hydrogens (primary N) is 1. The monoisotopic (exact) mass is 211 g/mol. The van der Waals surface area contributed by atoms with E-state index >= 15 is 0 Å². The van der Waals surface area contributed by atoms with Crippen molar-refractivity contribution in [2.45, 2.75) is 26.2 Å². The number of benzene rings is 1. The Morgan fingerprint density at radius 3 is 2.67 bits per heavy atom. The number of hydrogen-bond acceptors (Lipinski definition) is 2.